The van der Waals surface area contributed by atoms with Gasteiger partial charge in [-0.05, 0) is 19.3 Å². The molecule has 78 valence electrons. The molecule has 0 saturated heterocycles. The molecule has 0 bridgehead atoms. The van der Waals surface area contributed by atoms with Crippen molar-refractivity contribution in [2.45, 2.75) is 45.2 Å². The van der Waals surface area contributed by atoms with Crippen LogP contribution in [0.3, 0.4) is 0 Å². The van der Waals surface area contributed by atoms with Crippen LogP contribution >= 0.6 is 0 Å². The molecule has 1 fully saturated rings. The molecule has 0 aromatic carbocycles. The Hall–Kier alpha value is -0.830. The Kier molecular flexibility index (Phi) is 2.87. The fourth-order valence-corrected chi connectivity index (χ4v) is 1.92. The van der Waals surface area contributed by atoms with Gasteiger partial charge in [0.2, 0.25) is 0 Å². The van der Waals surface area contributed by atoms with Crippen molar-refractivity contribution in [1.82, 2.24) is 9.55 Å². The van der Waals surface area contributed by atoms with Gasteiger partial charge >= 0.3 is 0 Å². The number of nitrogens with zero attached hydrogens (tertiary/aromatic N) is 2. The highest BCUT2D eigenvalue weighted by Gasteiger charge is 2.24. The van der Waals surface area contributed by atoms with Crippen molar-refractivity contribution in [3.05, 3.63) is 18.2 Å². The van der Waals surface area contributed by atoms with Gasteiger partial charge < -0.3 is 10.3 Å². The van der Waals surface area contributed by atoms with Crippen LogP contribution in [0.1, 0.15) is 32.0 Å². The van der Waals surface area contributed by atoms with E-state index >= 15 is 0 Å². The van der Waals surface area contributed by atoms with Crippen LogP contribution in [0.4, 0.5) is 0 Å². The van der Waals surface area contributed by atoms with Crippen LogP contribution < -0.4 is 5.73 Å². The molecule has 3 heteroatoms. The van der Waals surface area contributed by atoms with Crippen LogP contribution in [-0.4, -0.2) is 15.6 Å². The van der Waals surface area contributed by atoms with E-state index in [1.54, 1.807) is 0 Å². The molecule has 1 unspecified atom stereocenters. The summed E-state index contributed by atoms with van der Waals surface area (Å²) in [6, 6.07) is 0.301. The molecule has 0 amide bonds. The molecular weight excluding hydrogens is 174 g/mol. The predicted octanol–water partition coefficient (Wildman–Crippen LogP) is 1.57. The molecule has 2 rings (SSSR count). The summed E-state index contributed by atoms with van der Waals surface area (Å²) in [7, 11) is 0. The van der Waals surface area contributed by atoms with E-state index < -0.39 is 0 Å². The summed E-state index contributed by atoms with van der Waals surface area (Å²) < 4.78 is 2.17. The van der Waals surface area contributed by atoms with E-state index in [0.29, 0.717) is 6.04 Å². The van der Waals surface area contributed by atoms with Crippen molar-refractivity contribution in [2.75, 3.05) is 0 Å². The smallest absolute Gasteiger partial charge is 0.110 e. The summed E-state index contributed by atoms with van der Waals surface area (Å²) in [5.41, 5.74) is 6.08. The zero-order valence-electron chi connectivity index (χ0n) is 8.82. The van der Waals surface area contributed by atoms with Crippen LogP contribution in [0, 0.1) is 5.92 Å². The largest absolute Gasteiger partial charge is 0.335 e. The van der Waals surface area contributed by atoms with Crippen molar-refractivity contribution >= 4 is 0 Å². The zero-order chi connectivity index (χ0) is 9.97. The molecule has 3 nitrogen and oxygen atoms in total. The van der Waals surface area contributed by atoms with Crippen molar-refractivity contribution in [2.24, 2.45) is 11.7 Å². The second-order valence-electron chi connectivity index (χ2n) is 4.27. The number of hydrogen-bond donors (Lipinski definition) is 1. The van der Waals surface area contributed by atoms with Gasteiger partial charge in [0.05, 0.1) is 0 Å². The SMILES string of the molecule is CCn1ccnc1CC(N)CC1CC1. The Labute approximate surface area is 85.3 Å². The average molecular weight is 193 g/mol. The summed E-state index contributed by atoms with van der Waals surface area (Å²) in [4.78, 5) is 4.34. The summed E-state index contributed by atoms with van der Waals surface area (Å²) >= 11 is 0. The van der Waals surface area contributed by atoms with Gasteiger partial charge in [-0.1, -0.05) is 12.8 Å². The molecule has 1 heterocycles. The Morgan fingerprint density at radius 3 is 3.07 bits per heavy atom. The molecule has 1 aromatic rings. The second kappa shape index (κ2) is 4.13. The number of rotatable bonds is 5. The Morgan fingerprint density at radius 1 is 1.64 bits per heavy atom. The zero-order valence-corrected chi connectivity index (χ0v) is 8.82. The number of aryl methyl sites for hydroxylation is 1. The lowest BCUT2D eigenvalue weighted by molar-refractivity contribution is 0.538. The monoisotopic (exact) mass is 193 g/mol. The summed E-state index contributed by atoms with van der Waals surface area (Å²) in [5, 5.41) is 0. The van der Waals surface area contributed by atoms with Crippen LogP contribution in [0.2, 0.25) is 0 Å². The molecule has 0 radical (unpaired) electrons. The first kappa shape index (κ1) is 9.71. The average Bonchev–Trinajstić information content (AvgIpc) is 2.84. The van der Waals surface area contributed by atoms with Gasteiger partial charge in [0, 0.05) is 31.4 Å². The van der Waals surface area contributed by atoms with E-state index in [1.807, 2.05) is 12.4 Å². The number of nitrogens with two attached hydrogens (primary N) is 1. The van der Waals surface area contributed by atoms with E-state index in [-0.39, 0.29) is 0 Å². The molecule has 1 aliphatic carbocycles. The minimum atomic E-state index is 0.301. The van der Waals surface area contributed by atoms with Crippen molar-refractivity contribution < 1.29 is 0 Å². The molecule has 1 aromatic heterocycles. The number of hydrogen-bond acceptors (Lipinski definition) is 2. The number of aromatic nitrogens is 2. The fraction of sp³-hybridized carbons (Fsp3) is 0.727. The molecular formula is C11H19N3. The van der Waals surface area contributed by atoms with E-state index in [4.69, 9.17) is 5.73 Å². The maximum absolute atomic E-state index is 6.08. The van der Waals surface area contributed by atoms with Gasteiger partial charge in [0.15, 0.2) is 0 Å². The minimum Gasteiger partial charge on any atom is -0.335 e. The molecule has 1 atom stereocenters. The topological polar surface area (TPSA) is 43.8 Å². The first-order valence-electron chi connectivity index (χ1n) is 5.55. The lowest BCUT2D eigenvalue weighted by atomic mass is 10.1. The maximum Gasteiger partial charge on any atom is 0.110 e. The van der Waals surface area contributed by atoms with Crippen LogP contribution in [0.15, 0.2) is 12.4 Å². The first-order valence-corrected chi connectivity index (χ1v) is 5.55. The predicted molar refractivity (Wildman–Crippen MR) is 56.9 cm³/mol. The molecule has 0 spiro atoms. The normalized spacial score (nSPS) is 18.4. The van der Waals surface area contributed by atoms with Crippen molar-refractivity contribution in [3.8, 4) is 0 Å². The van der Waals surface area contributed by atoms with E-state index in [0.717, 1.165) is 24.7 Å². The van der Waals surface area contributed by atoms with E-state index in [9.17, 15) is 0 Å². The van der Waals surface area contributed by atoms with Crippen LogP contribution in [-0.2, 0) is 13.0 Å². The molecule has 1 saturated carbocycles. The summed E-state index contributed by atoms with van der Waals surface area (Å²) in [6.45, 7) is 3.13. The quantitative estimate of drug-likeness (QED) is 0.771. The summed E-state index contributed by atoms with van der Waals surface area (Å²) in [6.07, 6.45) is 8.77. The Morgan fingerprint density at radius 2 is 2.43 bits per heavy atom. The first-order chi connectivity index (χ1) is 6.79. The summed E-state index contributed by atoms with van der Waals surface area (Å²) in [5.74, 6) is 2.05. The second-order valence-corrected chi connectivity index (χ2v) is 4.27. The van der Waals surface area contributed by atoms with E-state index in [1.165, 1.54) is 19.3 Å². The van der Waals surface area contributed by atoms with Crippen LogP contribution in [0.25, 0.3) is 0 Å². The maximum atomic E-state index is 6.08. The minimum absolute atomic E-state index is 0.301. The van der Waals surface area contributed by atoms with Gasteiger partial charge in [-0.2, -0.15) is 0 Å². The molecule has 2 N–H and O–H groups in total. The van der Waals surface area contributed by atoms with Gasteiger partial charge in [-0.15, -0.1) is 0 Å². The van der Waals surface area contributed by atoms with Gasteiger partial charge in [0.25, 0.3) is 0 Å². The van der Waals surface area contributed by atoms with Gasteiger partial charge in [0.1, 0.15) is 5.82 Å². The highest BCUT2D eigenvalue weighted by molar-refractivity contribution is 4.95. The lowest BCUT2D eigenvalue weighted by Gasteiger charge is -2.11. The third-order valence-electron chi connectivity index (χ3n) is 2.92. The Bertz CT molecular complexity index is 288. The molecule has 14 heavy (non-hydrogen) atoms. The Balaban J connectivity index is 1.88. The highest BCUT2D eigenvalue weighted by Crippen LogP contribution is 2.33. The lowest BCUT2D eigenvalue weighted by Crippen LogP contribution is -2.25. The standard InChI is InChI=1S/C11H19N3/c1-2-14-6-5-13-11(14)8-10(12)7-9-3-4-9/h5-6,9-10H,2-4,7-8,12H2,1H3. The molecule has 0 aliphatic heterocycles. The third kappa shape index (κ3) is 2.35. The van der Waals surface area contributed by atoms with Gasteiger partial charge in [-0.3, -0.25) is 0 Å². The van der Waals surface area contributed by atoms with Crippen molar-refractivity contribution in [1.29, 1.82) is 0 Å². The third-order valence-corrected chi connectivity index (χ3v) is 2.92. The fourth-order valence-electron chi connectivity index (χ4n) is 1.92. The van der Waals surface area contributed by atoms with Gasteiger partial charge in [-0.25, -0.2) is 4.98 Å². The molecule has 1 aliphatic rings. The van der Waals surface area contributed by atoms with E-state index in [2.05, 4.69) is 16.5 Å². The highest BCUT2D eigenvalue weighted by atomic mass is 15.1. The van der Waals surface area contributed by atoms with Crippen molar-refractivity contribution in [3.63, 3.8) is 0 Å². The van der Waals surface area contributed by atoms with Crippen LogP contribution in [0.5, 0.6) is 0 Å². The number of imidazole rings is 1.